The van der Waals surface area contributed by atoms with Crippen LogP contribution in [-0.2, 0) is 42.1 Å². The van der Waals surface area contributed by atoms with Gasteiger partial charge in [-0.1, -0.05) is 39.3 Å². The van der Waals surface area contributed by atoms with Crippen LogP contribution in [0.25, 0.3) is 0 Å². The quantitative estimate of drug-likeness (QED) is 0.332. The summed E-state index contributed by atoms with van der Waals surface area (Å²) >= 11 is 0. The van der Waals surface area contributed by atoms with Crippen LogP contribution in [0.4, 0.5) is 0 Å². The molecule has 0 saturated carbocycles. The van der Waals surface area contributed by atoms with Gasteiger partial charge in [-0.3, -0.25) is 6.58 Å². The molecule has 0 aromatic carbocycles. The first kappa shape index (κ1) is 29.6. The van der Waals surface area contributed by atoms with E-state index in [4.69, 9.17) is 0 Å². The van der Waals surface area contributed by atoms with E-state index in [1.54, 1.807) is 0 Å². The summed E-state index contributed by atoms with van der Waals surface area (Å²) in [6.45, 7) is 24.7. The summed E-state index contributed by atoms with van der Waals surface area (Å²) in [7, 11) is -0.881. The van der Waals surface area contributed by atoms with E-state index in [1.807, 2.05) is 0 Å². The Hall–Kier alpha value is 1.55. The SMILES string of the molecule is C[SiH](C)C.[CH-]=C.[CH2-]C[Si](C)(C)C.[W].[W]. The molecule has 0 N–H and O–H groups in total. The Morgan fingerprint density at radius 1 is 1.07 bits per heavy atom. The monoisotopic (exact) mass is 570 g/mol. The Kier molecular flexibility index (Phi) is 42.3. The first-order valence-electron chi connectivity index (χ1n) is 4.49. The van der Waals surface area contributed by atoms with Crippen LogP contribution in [0, 0.1) is 13.5 Å². The predicted octanol–water partition coefficient (Wildman–Crippen LogP) is 3.86. The van der Waals surface area contributed by atoms with Crippen LogP contribution in [0.5, 0.6) is 0 Å². The zero-order valence-corrected chi connectivity index (χ0v) is 18.6. The second-order valence-electron chi connectivity index (χ2n) is 4.54. The van der Waals surface area contributed by atoms with Crippen molar-refractivity contribution < 1.29 is 42.1 Å². The number of hydrogen-bond acceptors (Lipinski definition) is 0. The molecule has 0 atom stereocenters. The minimum absolute atomic E-state index is 0. The van der Waals surface area contributed by atoms with E-state index in [2.05, 4.69) is 59.4 Å². The summed E-state index contributed by atoms with van der Waals surface area (Å²) in [6.07, 6.45) is 0. The fraction of sp³-hybridized carbons (Fsp3) is 0.700. The van der Waals surface area contributed by atoms with Gasteiger partial charge in [-0.05, 0) is 0 Å². The molecule has 4 heteroatoms. The van der Waals surface area contributed by atoms with Crippen molar-refractivity contribution in [2.75, 3.05) is 0 Å². The Morgan fingerprint density at radius 3 is 1.14 bits per heavy atom. The van der Waals surface area contributed by atoms with Gasteiger partial charge in [0, 0.05) is 59.0 Å². The molecular weight excluding hydrogens is 544 g/mol. The normalized spacial score (nSPS) is 8.00. The maximum Gasteiger partial charge on any atom is 0.0274 e. The van der Waals surface area contributed by atoms with Gasteiger partial charge in [0.25, 0.3) is 0 Å². The van der Waals surface area contributed by atoms with Crippen molar-refractivity contribution in [3.8, 4) is 0 Å². The summed E-state index contributed by atoms with van der Waals surface area (Å²) in [5, 5.41) is 0. The maximum atomic E-state index is 4.25. The Balaban J connectivity index is -0.0000000302. The van der Waals surface area contributed by atoms with E-state index >= 15 is 0 Å². The van der Waals surface area contributed by atoms with Gasteiger partial charge in [0.1, 0.15) is 0 Å². The zero-order chi connectivity index (χ0) is 10.8. The molecule has 0 radical (unpaired) electrons. The topological polar surface area (TPSA) is 0 Å². The molecule has 0 fully saturated rings. The molecule has 0 aliphatic rings. The third-order valence-corrected chi connectivity index (χ3v) is 2.25. The van der Waals surface area contributed by atoms with Gasteiger partial charge in [-0.25, -0.2) is 0 Å². The average Bonchev–Trinajstić information content (AvgIpc) is 1.90. The summed E-state index contributed by atoms with van der Waals surface area (Å²) in [4.78, 5) is 0. The number of rotatable bonds is 1. The molecule has 0 bridgehead atoms. The van der Waals surface area contributed by atoms with E-state index in [0.29, 0.717) is 0 Å². The van der Waals surface area contributed by atoms with Gasteiger partial charge < -0.3 is 13.5 Å². The van der Waals surface area contributed by atoms with E-state index in [0.717, 1.165) is 6.04 Å². The fourth-order valence-corrected chi connectivity index (χ4v) is 0. The van der Waals surface area contributed by atoms with Crippen LogP contribution in [-0.4, -0.2) is 16.9 Å². The first-order valence-corrected chi connectivity index (χ1v) is 11.7. The van der Waals surface area contributed by atoms with Crippen molar-refractivity contribution in [3.05, 3.63) is 20.1 Å². The third kappa shape index (κ3) is 103. The van der Waals surface area contributed by atoms with Crippen LogP contribution in [0.2, 0.25) is 45.3 Å². The van der Waals surface area contributed by atoms with Crippen molar-refractivity contribution >= 4 is 16.9 Å². The molecule has 0 amide bonds. The summed E-state index contributed by atoms with van der Waals surface area (Å²) < 4.78 is 0. The summed E-state index contributed by atoms with van der Waals surface area (Å²) in [6, 6.07) is 1.16. The largest absolute Gasteiger partial charge is 0.521 e. The molecule has 0 rings (SSSR count). The van der Waals surface area contributed by atoms with Crippen molar-refractivity contribution in [3.63, 3.8) is 0 Å². The van der Waals surface area contributed by atoms with Gasteiger partial charge in [-0.15, -0.1) is 0 Å². The third-order valence-electron chi connectivity index (χ3n) is 0.750. The van der Waals surface area contributed by atoms with Crippen LogP contribution in [0.1, 0.15) is 0 Å². The Labute approximate surface area is 123 Å². The minimum Gasteiger partial charge on any atom is -0.521 e. The van der Waals surface area contributed by atoms with Gasteiger partial charge in [0.15, 0.2) is 0 Å². The molecule has 0 aliphatic carbocycles. The van der Waals surface area contributed by atoms with Crippen LogP contribution < -0.4 is 0 Å². The van der Waals surface area contributed by atoms with Gasteiger partial charge >= 0.3 is 0 Å². The Morgan fingerprint density at radius 2 is 1.14 bits per heavy atom. The van der Waals surface area contributed by atoms with E-state index < -0.39 is 8.07 Å². The molecule has 0 nitrogen and oxygen atoms in total. The van der Waals surface area contributed by atoms with E-state index in [1.165, 1.54) is 0 Å². The molecular formula is C10H26Si2W2-2. The van der Waals surface area contributed by atoms with Gasteiger partial charge in [0.05, 0.1) is 0 Å². The first-order chi connectivity index (χ1) is 5.29. The van der Waals surface area contributed by atoms with Crippen molar-refractivity contribution in [1.29, 1.82) is 0 Å². The van der Waals surface area contributed by atoms with Gasteiger partial charge in [-0.2, -0.15) is 6.04 Å². The second-order valence-corrected chi connectivity index (χ2v) is 13.6. The van der Waals surface area contributed by atoms with E-state index in [9.17, 15) is 0 Å². The standard InChI is InChI=1S/C5H13Si.C3H10Si.C2H3.2W/c1-5-6(2,3)4;1-4(2)3;1-2;;/h1,5H2,2-4H3;4H,1-3H3;1H,2H2;;/q-1;;-1;;. The molecule has 14 heavy (non-hydrogen) atoms. The van der Waals surface area contributed by atoms with Crippen LogP contribution in [0.15, 0.2) is 6.58 Å². The summed E-state index contributed by atoms with van der Waals surface area (Å²) in [5.74, 6) is 0. The fourth-order valence-electron chi connectivity index (χ4n) is 0. The van der Waals surface area contributed by atoms with Crippen molar-refractivity contribution in [1.82, 2.24) is 0 Å². The smallest absolute Gasteiger partial charge is 0.0274 e. The number of hydrogen-bond donors (Lipinski definition) is 0. The molecule has 0 spiro atoms. The summed E-state index contributed by atoms with van der Waals surface area (Å²) in [5.41, 5.74) is 0. The molecule has 0 saturated heterocycles. The van der Waals surface area contributed by atoms with Crippen molar-refractivity contribution in [2.45, 2.75) is 45.3 Å². The second kappa shape index (κ2) is 20.0. The van der Waals surface area contributed by atoms with E-state index in [-0.39, 0.29) is 50.9 Å². The van der Waals surface area contributed by atoms with Crippen LogP contribution >= 0.6 is 0 Å². The predicted molar refractivity (Wildman–Crippen MR) is 68.2 cm³/mol. The minimum atomic E-state index is -0.742. The molecule has 0 aliphatic heterocycles. The molecule has 88 valence electrons. The van der Waals surface area contributed by atoms with Crippen LogP contribution in [0.3, 0.4) is 0 Å². The molecule has 0 heterocycles. The zero-order valence-electron chi connectivity index (χ0n) is 10.6. The van der Waals surface area contributed by atoms with Crippen molar-refractivity contribution in [2.24, 2.45) is 0 Å². The van der Waals surface area contributed by atoms with Gasteiger partial charge in [0.2, 0.25) is 0 Å². The Bertz CT molecular complexity index is 77.9. The average molecular weight is 570 g/mol. The molecule has 0 aromatic heterocycles. The molecule has 0 unspecified atom stereocenters. The molecule has 0 aromatic rings. The maximum absolute atomic E-state index is 4.25.